The molecule has 1 aromatic heterocycles. The molecule has 19 heavy (non-hydrogen) atoms. The highest BCUT2D eigenvalue weighted by molar-refractivity contribution is 5.82. The average Bonchev–Trinajstić information content (AvgIpc) is 2.89. The molecule has 1 aliphatic rings. The number of nitrogens with zero attached hydrogens (tertiary/aromatic N) is 3. The summed E-state index contributed by atoms with van der Waals surface area (Å²) < 4.78 is 0. The Hall–Kier alpha value is -1.42. The summed E-state index contributed by atoms with van der Waals surface area (Å²) in [6.07, 6.45) is 5.76. The fraction of sp³-hybridized carbons (Fsp3) is 0.600. The fourth-order valence-corrected chi connectivity index (χ4v) is 2.77. The molecule has 1 fully saturated rings. The molecule has 0 aliphatic carbocycles. The minimum Gasteiger partial charge on any atom is -0.342 e. The summed E-state index contributed by atoms with van der Waals surface area (Å²) in [4.78, 5) is 20.8. The zero-order valence-corrected chi connectivity index (χ0v) is 11.9. The number of pyridine rings is 1. The molecule has 0 aromatic carbocycles. The summed E-state index contributed by atoms with van der Waals surface area (Å²) >= 11 is 0. The second-order valence-electron chi connectivity index (χ2n) is 5.00. The molecular weight excluding hydrogens is 238 g/mol. The van der Waals surface area contributed by atoms with Gasteiger partial charge in [0, 0.05) is 32.0 Å². The normalized spacial score (nSPS) is 19.6. The zero-order chi connectivity index (χ0) is 13.7. The molecule has 0 saturated carbocycles. The summed E-state index contributed by atoms with van der Waals surface area (Å²) in [5, 5.41) is 0. The molecule has 1 aliphatic heterocycles. The lowest BCUT2D eigenvalue weighted by Crippen LogP contribution is -2.45. The van der Waals surface area contributed by atoms with Gasteiger partial charge >= 0.3 is 0 Å². The molecule has 0 unspecified atom stereocenters. The summed E-state index contributed by atoms with van der Waals surface area (Å²) in [6.45, 7) is 7.51. The fourth-order valence-electron chi connectivity index (χ4n) is 2.77. The van der Waals surface area contributed by atoms with Gasteiger partial charge in [0.15, 0.2) is 0 Å². The Morgan fingerprint density at radius 1 is 1.47 bits per heavy atom. The molecule has 2 rings (SSSR count). The van der Waals surface area contributed by atoms with Crippen LogP contribution in [0.2, 0.25) is 0 Å². The van der Waals surface area contributed by atoms with E-state index in [1.54, 1.807) is 6.20 Å². The Labute approximate surface area is 115 Å². The van der Waals surface area contributed by atoms with Gasteiger partial charge < -0.3 is 4.90 Å². The number of rotatable bonds is 5. The van der Waals surface area contributed by atoms with Crippen molar-refractivity contribution in [3.05, 3.63) is 30.1 Å². The average molecular weight is 261 g/mol. The molecule has 104 valence electrons. The van der Waals surface area contributed by atoms with Gasteiger partial charge in [0.25, 0.3) is 0 Å². The Kier molecular flexibility index (Phi) is 4.91. The molecular formula is C15H23N3O. The van der Waals surface area contributed by atoms with Gasteiger partial charge in [-0.05, 0) is 44.9 Å². The third-order valence-corrected chi connectivity index (χ3v) is 3.83. The van der Waals surface area contributed by atoms with Gasteiger partial charge in [-0.2, -0.15) is 0 Å². The molecule has 1 aromatic rings. The van der Waals surface area contributed by atoms with Crippen LogP contribution in [0.25, 0.3) is 0 Å². The van der Waals surface area contributed by atoms with E-state index in [0.29, 0.717) is 0 Å². The van der Waals surface area contributed by atoms with Crippen molar-refractivity contribution in [3.8, 4) is 0 Å². The number of hydrogen-bond acceptors (Lipinski definition) is 3. The molecule has 0 spiro atoms. The summed E-state index contributed by atoms with van der Waals surface area (Å²) in [7, 11) is 0. The van der Waals surface area contributed by atoms with E-state index in [1.165, 1.54) is 5.56 Å². The number of hydrogen-bond donors (Lipinski definition) is 0. The lowest BCUT2D eigenvalue weighted by atomic mass is 10.1. The van der Waals surface area contributed by atoms with Crippen molar-refractivity contribution in [1.82, 2.24) is 14.8 Å². The number of amides is 1. The van der Waals surface area contributed by atoms with E-state index in [4.69, 9.17) is 0 Å². The van der Waals surface area contributed by atoms with Crippen LogP contribution in [0.5, 0.6) is 0 Å². The van der Waals surface area contributed by atoms with Crippen molar-refractivity contribution in [1.29, 1.82) is 0 Å². The van der Waals surface area contributed by atoms with E-state index in [-0.39, 0.29) is 11.9 Å². The van der Waals surface area contributed by atoms with Crippen LogP contribution in [0.4, 0.5) is 0 Å². The van der Waals surface area contributed by atoms with Gasteiger partial charge in [-0.25, -0.2) is 0 Å². The first-order valence-corrected chi connectivity index (χ1v) is 7.18. The van der Waals surface area contributed by atoms with Crippen molar-refractivity contribution in [2.45, 2.75) is 39.3 Å². The van der Waals surface area contributed by atoms with Gasteiger partial charge in [-0.15, -0.1) is 0 Å². The topological polar surface area (TPSA) is 36.4 Å². The van der Waals surface area contributed by atoms with Crippen LogP contribution in [-0.4, -0.2) is 46.4 Å². The van der Waals surface area contributed by atoms with E-state index in [2.05, 4.69) is 16.0 Å². The van der Waals surface area contributed by atoms with Crippen LogP contribution in [0, 0.1) is 0 Å². The number of carbonyl (C=O) groups excluding carboxylic acids is 1. The standard InChI is InChI=1S/C15H23N3O/c1-3-17(4-2)15(19)14-8-6-10-18(14)12-13-7-5-9-16-11-13/h5,7,9,11,14H,3-4,6,8,10,12H2,1-2H3/t14-/m0/s1. The van der Waals surface area contributed by atoms with Crippen LogP contribution in [-0.2, 0) is 11.3 Å². The lowest BCUT2D eigenvalue weighted by molar-refractivity contribution is -0.135. The Balaban J connectivity index is 2.02. The van der Waals surface area contributed by atoms with E-state index >= 15 is 0 Å². The summed E-state index contributed by atoms with van der Waals surface area (Å²) in [5.41, 5.74) is 1.18. The predicted octanol–water partition coefficient (Wildman–Crippen LogP) is 1.91. The first-order chi connectivity index (χ1) is 9.26. The molecule has 1 amide bonds. The van der Waals surface area contributed by atoms with E-state index < -0.39 is 0 Å². The molecule has 0 N–H and O–H groups in total. The van der Waals surface area contributed by atoms with Crippen molar-refractivity contribution >= 4 is 5.91 Å². The lowest BCUT2D eigenvalue weighted by Gasteiger charge is -2.28. The third kappa shape index (κ3) is 3.32. The highest BCUT2D eigenvalue weighted by atomic mass is 16.2. The van der Waals surface area contributed by atoms with Crippen molar-refractivity contribution < 1.29 is 4.79 Å². The van der Waals surface area contributed by atoms with Crippen LogP contribution in [0.1, 0.15) is 32.3 Å². The summed E-state index contributed by atoms with van der Waals surface area (Å²) in [6, 6.07) is 4.08. The summed E-state index contributed by atoms with van der Waals surface area (Å²) in [5.74, 6) is 0.284. The maximum absolute atomic E-state index is 12.5. The monoisotopic (exact) mass is 261 g/mol. The van der Waals surface area contributed by atoms with Gasteiger partial charge in [-0.3, -0.25) is 14.7 Å². The van der Waals surface area contributed by atoms with Crippen LogP contribution >= 0.6 is 0 Å². The van der Waals surface area contributed by atoms with Crippen LogP contribution < -0.4 is 0 Å². The highest BCUT2D eigenvalue weighted by Gasteiger charge is 2.32. The molecule has 0 radical (unpaired) electrons. The Bertz CT molecular complexity index is 403. The molecule has 4 nitrogen and oxygen atoms in total. The van der Waals surface area contributed by atoms with Crippen molar-refractivity contribution in [2.24, 2.45) is 0 Å². The number of carbonyl (C=O) groups is 1. The second-order valence-corrected chi connectivity index (χ2v) is 5.00. The minimum atomic E-state index is 0.0557. The largest absolute Gasteiger partial charge is 0.342 e. The quantitative estimate of drug-likeness (QED) is 0.812. The smallest absolute Gasteiger partial charge is 0.239 e. The van der Waals surface area contributed by atoms with E-state index in [9.17, 15) is 4.79 Å². The number of likely N-dealkylation sites (tertiary alicyclic amines) is 1. The predicted molar refractivity (Wildman–Crippen MR) is 75.6 cm³/mol. The molecule has 4 heteroatoms. The minimum absolute atomic E-state index is 0.0557. The van der Waals surface area contributed by atoms with Crippen molar-refractivity contribution in [2.75, 3.05) is 19.6 Å². The first-order valence-electron chi connectivity index (χ1n) is 7.18. The Morgan fingerprint density at radius 3 is 2.89 bits per heavy atom. The van der Waals surface area contributed by atoms with Gasteiger partial charge in [-0.1, -0.05) is 6.07 Å². The SMILES string of the molecule is CCN(CC)C(=O)[C@@H]1CCCN1Cc1cccnc1. The molecule has 0 bridgehead atoms. The Morgan fingerprint density at radius 2 is 2.26 bits per heavy atom. The van der Waals surface area contributed by atoms with E-state index in [0.717, 1.165) is 39.0 Å². The maximum atomic E-state index is 12.5. The molecule has 2 heterocycles. The van der Waals surface area contributed by atoms with Gasteiger partial charge in [0.1, 0.15) is 0 Å². The molecule has 1 saturated heterocycles. The number of likely N-dealkylation sites (N-methyl/N-ethyl adjacent to an activating group) is 1. The molecule has 1 atom stereocenters. The third-order valence-electron chi connectivity index (χ3n) is 3.83. The van der Waals surface area contributed by atoms with Crippen LogP contribution in [0.15, 0.2) is 24.5 Å². The zero-order valence-electron chi connectivity index (χ0n) is 11.9. The van der Waals surface area contributed by atoms with E-state index in [1.807, 2.05) is 31.0 Å². The first kappa shape index (κ1) is 14.0. The highest BCUT2D eigenvalue weighted by Crippen LogP contribution is 2.21. The maximum Gasteiger partial charge on any atom is 0.239 e. The number of aromatic nitrogens is 1. The van der Waals surface area contributed by atoms with Crippen LogP contribution in [0.3, 0.4) is 0 Å². The van der Waals surface area contributed by atoms with Crippen molar-refractivity contribution in [3.63, 3.8) is 0 Å². The van der Waals surface area contributed by atoms with Gasteiger partial charge in [0.2, 0.25) is 5.91 Å². The second kappa shape index (κ2) is 6.66. The van der Waals surface area contributed by atoms with Gasteiger partial charge in [0.05, 0.1) is 6.04 Å².